The molecule has 2 aromatic heterocycles. The van der Waals surface area contributed by atoms with E-state index in [9.17, 15) is 8.42 Å². The van der Waals surface area contributed by atoms with Gasteiger partial charge in [-0.15, -0.1) is 0 Å². The summed E-state index contributed by atoms with van der Waals surface area (Å²) in [4.78, 5) is 9.06. The van der Waals surface area contributed by atoms with Crippen LogP contribution in [0.2, 0.25) is 0 Å². The van der Waals surface area contributed by atoms with Gasteiger partial charge in [-0.3, -0.25) is 0 Å². The average Bonchev–Trinajstić information content (AvgIpc) is 3.17. The molecule has 3 rings (SSSR count). The fourth-order valence-corrected chi connectivity index (χ4v) is 4.18. The summed E-state index contributed by atoms with van der Waals surface area (Å²) >= 11 is 1.49. The van der Waals surface area contributed by atoms with Crippen molar-refractivity contribution in [2.75, 3.05) is 0 Å². The van der Waals surface area contributed by atoms with Crippen molar-refractivity contribution < 1.29 is 12.9 Å². The van der Waals surface area contributed by atoms with E-state index in [1.54, 1.807) is 6.07 Å². The van der Waals surface area contributed by atoms with Crippen LogP contribution in [0.3, 0.4) is 0 Å². The van der Waals surface area contributed by atoms with Crippen molar-refractivity contribution in [1.29, 1.82) is 0 Å². The van der Waals surface area contributed by atoms with E-state index in [0.717, 1.165) is 23.5 Å². The van der Waals surface area contributed by atoms with E-state index in [-0.39, 0.29) is 10.1 Å². The molecule has 140 valence electrons. The van der Waals surface area contributed by atoms with Crippen LogP contribution in [0.25, 0.3) is 11.0 Å². The molecule has 0 fully saturated rings. The smallest absolute Gasteiger partial charge is 0.239 e. The highest BCUT2D eigenvalue weighted by atomic mass is 32.2. The zero-order valence-electron chi connectivity index (χ0n) is 14.8. The second kappa shape index (κ2) is 7.37. The van der Waals surface area contributed by atoms with Crippen LogP contribution in [-0.4, -0.2) is 28.1 Å². The molecule has 0 aliphatic rings. The van der Waals surface area contributed by atoms with Crippen molar-refractivity contribution in [3.63, 3.8) is 0 Å². The van der Waals surface area contributed by atoms with Gasteiger partial charge in [0, 0.05) is 13.0 Å². The van der Waals surface area contributed by atoms with Gasteiger partial charge in [0.2, 0.25) is 15.9 Å². The molecule has 8 nitrogen and oxygen atoms in total. The predicted octanol–water partition coefficient (Wildman–Crippen LogP) is 2.89. The van der Waals surface area contributed by atoms with Crippen LogP contribution in [-0.2, 0) is 23.0 Å². The van der Waals surface area contributed by atoms with Crippen molar-refractivity contribution in [1.82, 2.24) is 19.7 Å². The molecule has 0 saturated carbocycles. The topological polar surface area (TPSA) is 117 Å². The number of hydrogen-bond donors (Lipinski definition) is 1. The Kier molecular flexibility index (Phi) is 5.35. The standard InChI is InChI=1S/C16H21N5O3S2/c1-4-6-14-19-15(24-20-14)10(3)25-16-18-12-9-11(26(17,22)23)7-8-13(12)21(16)5-2/h7-10H,4-6H2,1-3H3,(H2,17,22,23)/t10-/m0/s1. The van der Waals surface area contributed by atoms with E-state index in [4.69, 9.17) is 9.66 Å². The molecule has 0 spiro atoms. The molecular formula is C16H21N5O3S2. The minimum atomic E-state index is -3.76. The summed E-state index contributed by atoms with van der Waals surface area (Å²) in [5, 5.41) is 9.88. The van der Waals surface area contributed by atoms with Crippen LogP contribution in [0.15, 0.2) is 32.8 Å². The number of fused-ring (bicyclic) bond motifs is 1. The third kappa shape index (κ3) is 3.76. The average molecular weight is 396 g/mol. The summed E-state index contributed by atoms with van der Waals surface area (Å²) in [5.41, 5.74) is 1.44. The summed E-state index contributed by atoms with van der Waals surface area (Å²) in [6, 6.07) is 4.72. The zero-order chi connectivity index (χ0) is 18.9. The van der Waals surface area contributed by atoms with Crippen molar-refractivity contribution in [3.8, 4) is 0 Å². The number of benzene rings is 1. The van der Waals surface area contributed by atoms with E-state index in [0.29, 0.717) is 23.8 Å². The molecule has 1 aromatic carbocycles. The molecule has 0 aliphatic heterocycles. The Labute approximate surface area is 156 Å². The van der Waals surface area contributed by atoms with Crippen LogP contribution in [0.5, 0.6) is 0 Å². The maximum atomic E-state index is 11.6. The predicted molar refractivity (Wildman–Crippen MR) is 99.3 cm³/mol. The molecule has 0 aliphatic carbocycles. The molecule has 0 unspecified atom stereocenters. The van der Waals surface area contributed by atoms with Gasteiger partial charge in [0.1, 0.15) is 0 Å². The van der Waals surface area contributed by atoms with E-state index >= 15 is 0 Å². The van der Waals surface area contributed by atoms with Gasteiger partial charge in [0.25, 0.3) is 0 Å². The van der Waals surface area contributed by atoms with Gasteiger partial charge in [-0.05, 0) is 38.5 Å². The number of primary sulfonamides is 1. The lowest BCUT2D eigenvalue weighted by Crippen LogP contribution is -2.11. The molecule has 0 amide bonds. The first-order chi connectivity index (χ1) is 12.3. The molecule has 3 aromatic rings. The number of aryl methyl sites for hydroxylation is 2. The number of rotatable bonds is 7. The van der Waals surface area contributed by atoms with Crippen LogP contribution in [0, 0.1) is 0 Å². The lowest BCUT2D eigenvalue weighted by Gasteiger charge is -2.08. The molecule has 10 heteroatoms. The van der Waals surface area contributed by atoms with Gasteiger partial charge in [-0.2, -0.15) is 4.98 Å². The second-order valence-electron chi connectivity index (χ2n) is 5.89. The highest BCUT2D eigenvalue weighted by Gasteiger charge is 2.20. The fourth-order valence-electron chi connectivity index (χ4n) is 2.63. The molecule has 0 radical (unpaired) electrons. The Morgan fingerprint density at radius 3 is 2.73 bits per heavy atom. The SMILES string of the molecule is CCCc1noc([C@H](C)Sc2nc3cc(S(N)(=O)=O)ccc3n2CC)n1. The molecule has 26 heavy (non-hydrogen) atoms. The van der Waals surface area contributed by atoms with Crippen LogP contribution < -0.4 is 5.14 Å². The fraction of sp³-hybridized carbons (Fsp3) is 0.438. The normalized spacial score (nSPS) is 13.4. The summed E-state index contributed by atoms with van der Waals surface area (Å²) in [6.45, 7) is 6.75. The molecule has 0 bridgehead atoms. The number of aromatic nitrogens is 4. The Balaban J connectivity index is 1.93. The highest BCUT2D eigenvalue weighted by molar-refractivity contribution is 7.99. The second-order valence-corrected chi connectivity index (χ2v) is 8.76. The van der Waals surface area contributed by atoms with Gasteiger partial charge in [0.05, 0.1) is 21.2 Å². The molecule has 2 heterocycles. The van der Waals surface area contributed by atoms with Crippen molar-refractivity contribution in [2.24, 2.45) is 5.14 Å². The maximum absolute atomic E-state index is 11.6. The van der Waals surface area contributed by atoms with Crippen molar-refractivity contribution in [3.05, 3.63) is 29.9 Å². The lowest BCUT2D eigenvalue weighted by atomic mass is 10.3. The first kappa shape index (κ1) is 18.9. The quantitative estimate of drug-likeness (QED) is 0.611. The summed E-state index contributed by atoms with van der Waals surface area (Å²) in [6.07, 6.45) is 1.74. The number of imidazole rings is 1. The highest BCUT2D eigenvalue weighted by Crippen LogP contribution is 2.35. The Morgan fingerprint density at radius 1 is 1.31 bits per heavy atom. The summed E-state index contributed by atoms with van der Waals surface area (Å²) in [5.74, 6) is 1.26. The first-order valence-electron chi connectivity index (χ1n) is 8.35. The van der Waals surface area contributed by atoms with Gasteiger partial charge in [-0.25, -0.2) is 18.5 Å². The van der Waals surface area contributed by atoms with E-state index in [1.807, 2.05) is 18.4 Å². The summed E-state index contributed by atoms with van der Waals surface area (Å²) in [7, 11) is -3.76. The van der Waals surface area contributed by atoms with Crippen molar-refractivity contribution >= 4 is 32.8 Å². The van der Waals surface area contributed by atoms with E-state index in [2.05, 4.69) is 22.0 Å². The minimum absolute atomic E-state index is 0.0523. The monoisotopic (exact) mass is 395 g/mol. The summed E-state index contributed by atoms with van der Waals surface area (Å²) < 4.78 is 30.5. The lowest BCUT2D eigenvalue weighted by molar-refractivity contribution is 0.374. The number of nitrogens with zero attached hydrogens (tertiary/aromatic N) is 4. The minimum Gasteiger partial charge on any atom is -0.338 e. The van der Waals surface area contributed by atoms with Crippen LogP contribution >= 0.6 is 11.8 Å². The van der Waals surface area contributed by atoms with E-state index < -0.39 is 10.0 Å². The number of nitrogens with two attached hydrogens (primary N) is 1. The third-order valence-electron chi connectivity index (χ3n) is 3.92. The Morgan fingerprint density at radius 2 is 2.08 bits per heavy atom. The van der Waals surface area contributed by atoms with Crippen LogP contribution in [0.1, 0.15) is 44.2 Å². The van der Waals surface area contributed by atoms with E-state index in [1.165, 1.54) is 23.9 Å². The van der Waals surface area contributed by atoms with Gasteiger partial charge in [-0.1, -0.05) is 23.8 Å². The Hall–Kier alpha value is -1.91. The van der Waals surface area contributed by atoms with Gasteiger partial charge < -0.3 is 9.09 Å². The molecule has 2 N–H and O–H groups in total. The first-order valence-corrected chi connectivity index (χ1v) is 10.8. The largest absolute Gasteiger partial charge is 0.338 e. The molecular weight excluding hydrogens is 374 g/mol. The molecule has 0 saturated heterocycles. The number of hydrogen-bond acceptors (Lipinski definition) is 7. The van der Waals surface area contributed by atoms with Crippen molar-refractivity contribution in [2.45, 2.75) is 55.5 Å². The maximum Gasteiger partial charge on any atom is 0.239 e. The van der Waals surface area contributed by atoms with Gasteiger partial charge >= 0.3 is 0 Å². The van der Waals surface area contributed by atoms with Crippen LogP contribution in [0.4, 0.5) is 0 Å². The number of sulfonamides is 1. The van der Waals surface area contributed by atoms with Gasteiger partial charge in [0.15, 0.2) is 11.0 Å². The molecule has 1 atom stereocenters. The zero-order valence-corrected chi connectivity index (χ0v) is 16.5. The number of thioether (sulfide) groups is 1. The Bertz CT molecular complexity index is 1030. The third-order valence-corrected chi connectivity index (χ3v) is 5.91.